The molecule has 2 atom stereocenters. The summed E-state index contributed by atoms with van der Waals surface area (Å²) in [5.74, 6) is 1.11. The van der Waals surface area contributed by atoms with Crippen molar-refractivity contribution in [2.24, 2.45) is 17.8 Å². The number of rotatable bonds is 2. The summed E-state index contributed by atoms with van der Waals surface area (Å²) in [6.07, 6.45) is 1.43. The van der Waals surface area contributed by atoms with Crippen LogP contribution in [0.1, 0.15) is 33.6 Å². The Balaban J connectivity index is 1.77. The number of alkyl carbamates (subject to hydrolysis) is 1. The first-order valence-corrected chi connectivity index (χ1v) is 7.21. The quantitative estimate of drug-likeness (QED) is 0.703. The maximum atomic E-state index is 11.6. The van der Waals surface area contributed by atoms with E-state index in [4.69, 9.17) is 4.74 Å². The van der Waals surface area contributed by atoms with E-state index in [1.54, 1.807) is 0 Å². The standard InChI is InChI=1S/C14H26N2O3/c1-14(2,3)19-13(18)16-6-9-4-10-7-15-8-11(5-9)12(10)17/h9-12,15,17H,4-8H2,1-3H3,(H,16,18). The normalized spacial score (nSPS) is 34.7. The first-order chi connectivity index (χ1) is 8.85. The average molecular weight is 270 g/mol. The largest absolute Gasteiger partial charge is 0.444 e. The van der Waals surface area contributed by atoms with Gasteiger partial charge in [0.15, 0.2) is 0 Å². The van der Waals surface area contributed by atoms with Crippen LogP contribution < -0.4 is 10.6 Å². The van der Waals surface area contributed by atoms with Crippen molar-refractivity contribution < 1.29 is 14.6 Å². The summed E-state index contributed by atoms with van der Waals surface area (Å²) >= 11 is 0. The molecule has 1 saturated heterocycles. The van der Waals surface area contributed by atoms with Gasteiger partial charge in [-0.05, 0) is 51.4 Å². The van der Waals surface area contributed by atoms with E-state index in [1.165, 1.54) is 0 Å². The summed E-state index contributed by atoms with van der Waals surface area (Å²) in [6, 6.07) is 0. The number of piperidine rings is 1. The van der Waals surface area contributed by atoms with Gasteiger partial charge in [-0.3, -0.25) is 0 Å². The third-order valence-corrected chi connectivity index (χ3v) is 3.99. The van der Waals surface area contributed by atoms with Crippen molar-refractivity contribution in [3.8, 4) is 0 Å². The summed E-state index contributed by atoms with van der Waals surface area (Å²) in [6.45, 7) is 8.01. The van der Waals surface area contributed by atoms with Gasteiger partial charge in [0, 0.05) is 19.6 Å². The van der Waals surface area contributed by atoms with Gasteiger partial charge >= 0.3 is 6.09 Å². The maximum absolute atomic E-state index is 11.6. The highest BCUT2D eigenvalue weighted by Crippen LogP contribution is 2.35. The number of carbonyl (C=O) groups excluding carboxylic acids is 1. The molecule has 1 saturated carbocycles. The lowest BCUT2D eigenvalue weighted by Gasteiger charge is -2.43. The predicted molar refractivity (Wildman–Crippen MR) is 72.8 cm³/mol. The molecule has 2 unspecified atom stereocenters. The molecule has 0 aromatic rings. The predicted octanol–water partition coefficient (Wildman–Crippen LogP) is 1.12. The number of fused-ring (bicyclic) bond motifs is 2. The number of aliphatic hydroxyl groups excluding tert-OH is 1. The first kappa shape index (κ1) is 14.6. The molecule has 1 amide bonds. The lowest BCUT2D eigenvalue weighted by molar-refractivity contribution is -0.0238. The molecule has 0 aromatic heterocycles. The number of hydrogen-bond donors (Lipinski definition) is 3. The molecule has 2 fully saturated rings. The van der Waals surface area contributed by atoms with E-state index in [-0.39, 0.29) is 12.2 Å². The van der Waals surface area contributed by atoms with Gasteiger partial charge in [-0.15, -0.1) is 0 Å². The third-order valence-electron chi connectivity index (χ3n) is 3.99. The van der Waals surface area contributed by atoms with Crippen LogP contribution in [0.15, 0.2) is 0 Å². The van der Waals surface area contributed by atoms with Crippen molar-refractivity contribution in [2.75, 3.05) is 19.6 Å². The van der Waals surface area contributed by atoms with Gasteiger partial charge in [-0.25, -0.2) is 4.79 Å². The zero-order valence-electron chi connectivity index (χ0n) is 12.1. The van der Waals surface area contributed by atoms with E-state index >= 15 is 0 Å². The zero-order chi connectivity index (χ0) is 14.0. The molecule has 5 nitrogen and oxygen atoms in total. The molecule has 0 aromatic carbocycles. The first-order valence-electron chi connectivity index (χ1n) is 7.21. The Bertz CT molecular complexity index is 313. The van der Waals surface area contributed by atoms with Crippen LogP contribution >= 0.6 is 0 Å². The molecule has 2 rings (SSSR count). The number of aliphatic hydroxyl groups is 1. The van der Waals surface area contributed by atoms with Crippen molar-refractivity contribution in [2.45, 2.75) is 45.3 Å². The van der Waals surface area contributed by atoms with Crippen molar-refractivity contribution in [1.29, 1.82) is 0 Å². The van der Waals surface area contributed by atoms with Gasteiger partial charge in [-0.1, -0.05) is 0 Å². The minimum Gasteiger partial charge on any atom is -0.444 e. The van der Waals surface area contributed by atoms with Crippen molar-refractivity contribution >= 4 is 6.09 Å². The number of carbonyl (C=O) groups is 1. The van der Waals surface area contributed by atoms with E-state index < -0.39 is 5.60 Å². The van der Waals surface area contributed by atoms with Crippen LogP contribution in [0.5, 0.6) is 0 Å². The molecule has 1 heterocycles. The van der Waals surface area contributed by atoms with E-state index in [0.29, 0.717) is 24.3 Å². The molecule has 0 spiro atoms. The molecule has 5 heteroatoms. The highest BCUT2D eigenvalue weighted by atomic mass is 16.6. The summed E-state index contributed by atoms with van der Waals surface area (Å²) < 4.78 is 5.23. The van der Waals surface area contributed by atoms with E-state index in [0.717, 1.165) is 25.9 Å². The number of hydrogen-bond acceptors (Lipinski definition) is 4. The van der Waals surface area contributed by atoms with Crippen LogP contribution in [-0.2, 0) is 4.74 Å². The Hall–Kier alpha value is -0.810. The summed E-state index contributed by atoms with van der Waals surface area (Å²) in [5, 5.41) is 16.3. The van der Waals surface area contributed by atoms with Gasteiger partial charge in [0.05, 0.1) is 6.10 Å². The van der Waals surface area contributed by atoms with Crippen LogP contribution in [0.3, 0.4) is 0 Å². The average Bonchev–Trinajstić information content (AvgIpc) is 2.24. The fourth-order valence-electron chi connectivity index (χ4n) is 3.19. The lowest BCUT2D eigenvalue weighted by atomic mass is 9.71. The fraction of sp³-hybridized carbons (Fsp3) is 0.929. The second kappa shape index (κ2) is 5.67. The van der Waals surface area contributed by atoms with E-state index in [2.05, 4.69) is 10.6 Å². The monoisotopic (exact) mass is 270 g/mol. The molecule has 2 bridgehead atoms. The second-order valence-corrected chi connectivity index (χ2v) is 6.89. The van der Waals surface area contributed by atoms with Crippen LogP contribution in [-0.4, -0.2) is 42.5 Å². The fourth-order valence-corrected chi connectivity index (χ4v) is 3.19. The van der Waals surface area contributed by atoms with Crippen LogP contribution in [0.25, 0.3) is 0 Å². The highest BCUT2D eigenvalue weighted by molar-refractivity contribution is 5.67. The maximum Gasteiger partial charge on any atom is 0.407 e. The molecule has 1 aliphatic heterocycles. The summed E-state index contributed by atoms with van der Waals surface area (Å²) in [5.41, 5.74) is -0.451. The Labute approximate surface area is 115 Å². The van der Waals surface area contributed by atoms with Crippen molar-refractivity contribution in [3.63, 3.8) is 0 Å². The number of ether oxygens (including phenoxy) is 1. The van der Waals surface area contributed by atoms with Gasteiger partial charge in [0.2, 0.25) is 0 Å². The SMILES string of the molecule is CC(C)(C)OC(=O)NCC1CC2CNCC(C1)C2O. The van der Waals surface area contributed by atoms with Crippen LogP contribution in [0.2, 0.25) is 0 Å². The Morgan fingerprint density at radius 2 is 1.89 bits per heavy atom. The Kier molecular flexibility index (Phi) is 4.36. The van der Waals surface area contributed by atoms with Gasteiger partial charge < -0.3 is 20.5 Å². The topological polar surface area (TPSA) is 70.6 Å². The highest BCUT2D eigenvalue weighted by Gasteiger charge is 2.39. The molecule has 3 N–H and O–H groups in total. The molecule has 0 radical (unpaired) electrons. The van der Waals surface area contributed by atoms with Crippen molar-refractivity contribution in [3.05, 3.63) is 0 Å². The van der Waals surface area contributed by atoms with Gasteiger partial charge in [0.1, 0.15) is 5.60 Å². The minimum absolute atomic E-state index is 0.168. The van der Waals surface area contributed by atoms with Crippen molar-refractivity contribution in [1.82, 2.24) is 10.6 Å². The van der Waals surface area contributed by atoms with Crippen LogP contribution in [0, 0.1) is 17.8 Å². The molecular formula is C14H26N2O3. The number of amides is 1. The summed E-state index contributed by atoms with van der Waals surface area (Å²) in [4.78, 5) is 11.6. The molecular weight excluding hydrogens is 244 g/mol. The summed E-state index contributed by atoms with van der Waals surface area (Å²) in [7, 11) is 0. The van der Waals surface area contributed by atoms with E-state index in [1.807, 2.05) is 20.8 Å². The molecule has 19 heavy (non-hydrogen) atoms. The second-order valence-electron chi connectivity index (χ2n) is 6.89. The molecule has 1 aliphatic carbocycles. The van der Waals surface area contributed by atoms with Gasteiger partial charge in [-0.2, -0.15) is 0 Å². The van der Waals surface area contributed by atoms with Crippen LogP contribution in [0.4, 0.5) is 4.79 Å². The molecule has 110 valence electrons. The minimum atomic E-state index is -0.451. The Morgan fingerprint density at radius 1 is 1.32 bits per heavy atom. The molecule has 2 aliphatic rings. The zero-order valence-corrected chi connectivity index (χ0v) is 12.1. The van der Waals surface area contributed by atoms with E-state index in [9.17, 15) is 9.90 Å². The van der Waals surface area contributed by atoms with Gasteiger partial charge in [0.25, 0.3) is 0 Å². The smallest absolute Gasteiger partial charge is 0.407 e. The third kappa shape index (κ3) is 4.08. The number of nitrogens with one attached hydrogen (secondary N) is 2. The Morgan fingerprint density at radius 3 is 2.42 bits per heavy atom. The lowest BCUT2D eigenvalue weighted by Crippen LogP contribution is -2.52.